The standard InChI is InChI=1S/C79H147N2O7P/c1-7-10-13-16-19-22-25-28-30-32-34-36-38-39-40-41-43-44-46-48-50-53-56-59-62-65-68-71-78(82)80-76(75-87-89(84,85)86-74-73-81(4,5)6)77(70-67-64-61-58-55-52-27-24-21-18-15-12-9-3)88-79(83)72-69-66-63-60-57-54-51-49-47-45-42-37-35-33-31-29-26-23-20-17-14-11-8-2/h19,22,28-31,34,36,39-40,67,70,76-77H,7-18,20-21,23-27,32-33,35,37-38,41-66,68-69,71-75H2,1-6H3,(H-,80,82,84,85)/p+1/b22-19-,30-28-,31-29+,36-34-,40-39-,70-67-. The van der Waals surface area contributed by atoms with Crippen molar-refractivity contribution in [2.24, 2.45) is 0 Å². The van der Waals surface area contributed by atoms with Crippen LogP contribution in [0, 0.1) is 0 Å². The van der Waals surface area contributed by atoms with Crippen LogP contribution in [0.25, 0.3) is 0 Å². The molecule has 3 atom stereocenters. The summed E-state index contributed by atoms with van der Waals surface area (Å²) in [5, 5.41) is 3.08. The number of phosphoric acid groups is 1. The van der Waals surface area contributed by atoms with E-state index in [1.807, 2.05) is 27.2 Å². The Morgan fingerprint density at radius 3 is 1.06 bits per heavy atom. The van der Waals surface area contributed by atoms with Crippen molar-refractivity contribution in [3.05, 3.63) is 72.9 Å². The Hall–Kier alpha value is -2.55. The lowest BCUT2D eigenvalue weighted by Gasteiger charge is -2.27. The maximum absolute atomic E-state index is 13.7. The normalized spacial score (nSPS) is 13.8. The Morgan fingerprint density at radius 2 is 0.685 bits per heavy atom. The number of hydrogen-bond donors (Lipinski definition) is 2. The van der Waals surface area contributed by atoms with E-state index in [9.17, 15) is 19.0 Å². The molecule has 3 unspecified atom stereocenters. The van der Waals surface area contributed by atoms with Crippen LogP contribution in [0.3, 0.4) is 0 Å². The Bertz CT molecular complexity index is 1750. The average Bonchev–Trinajstić information content (AvgIpc) is 3.65. The fraction of sp³-hybridized carbons (Fsp3) is 0.823. The number of ether oxygens (including phenoxy) is 1. The van der Waals surface area contributed by atoms with Crippen LogP contribution in [0.2, 0.25) is 0 Å². The summed E-state index contributed by atoms with van der Waals surface area (Å²) >= 11 is 0. The largest absolute Gasteiger partial charge is 0.472 e. The van der Waals surface area contributed by atoms with Gasteiger partial charge in [0, 0.05) is 12.8 Å². The molecule has 0 saturated carbocycles. The third-order valence-corrected chi connectivity index (χ3v) is 18.1. The summed E-state index contributed by atoms with van der Waals surface area (Å²) in [5.74, 6) is -0.495. The third-order valence-electron chi connectivity index (χ3n) is 17.1. The number of esters is 1. The molecule has 10 heteroatoms. The first-order valence-corrected chi connectivity index (χ1v) is 39.8. The molecule has 0 aliphatic heterocycles. The molecular weight excluding hydrogens is 1120 g/mol. The van der Waals surface area contributed by atoms with Gasteiger partial charge in [-0.15, -0.1) is 0 Å². The van der Waals surface area contributed by atoms with E-state index < -0.39 is 20.0 Å². The van der Waals surface area contributed by atoms with Gasteiger partial charge in [-0.05, 0) is 102 Å². The van der Waals surface area contributed by atoms with E-state index in [-0.39, 0.29) is 25.1 Å². The smallest absolute Gasteiger partial charge is 0.456 e. The average molecular weight is 1270 g/mol. The minimum Gasteiger partial charge on any atom is -0.456 e. The SMILES string of the molecule is CCCCC/C=C\C/C=C\C/C=C\C/C=C\CCCCCCCCCCCCCC(=O)NC(COP(=O)(O)OCC[N+](C)(C)C)C(/C=C\CCCCCCCCCCCCC)OC(=O)CCCCCCCCCCCCCCC/C=C/CCCCCCCC. The van der Waals surface area contributed by atoms with Crippen LogP contribution in [-0.4, -0.2) is 74.3 Å². The van der Waals surface area contributed by atoms with Gasteiger partial charge in [0.2, 0.25) is 5.91 Å². The molecule has 1 amide bonds. The van der Waals surface area contributed by atoms with Gasteiger partial charge in [-0.3, -0.25) is 18.6 Å². The maximum Gasteiger partial charge on any atom is 0.472 e. The van der Waals surface area contributed by atoms with Crippen LogP contribution in [0.4, 0.5) is 0 Å². The highest BCUT2D eigenvalue weighted by molar-refractivity contribution is 7.47. The number of nitrogens with zero attached hydrogens (tertiary/aromatic N) is 1. The molecule has 9 nitrogen and oxygen atoms in total. The number of hydrogen-bond acceptors (Lipinski definition) is 6. The first-order chi connectivity index (χ1) is 43.4. The number of carbonyl (C=O) groups is 2. The van der Waals surface area contributed by atoms with Crippen molar-refractivity contribution in [2.45, 2.75) is 380 Å². The number of amides is 1. The van der Waals surface area contributed by atoms with Crippen LogP contribution >= 0.6 is 7.82 Å². The lowest BCUT2D eigenvalue weighted by atomic mass is 10.0. The summed E-state index contributed by atoms with van der Waals surface area (Å²) in [4.78, 5) is 38.0. The molecule has 89 heavy (non-hydrogen) atoms. The van der Waals surface area contributed by atoms with Gasteiger partial charge in [0.25, 0.3) is 0 Å². The molecule has 0 rings (SSSR count). The van der Waals surface area contributed by atoms with E-state index in [0.29, 0.717) is 23.9 Å². The maximum atomic E-state index is 13.7. The van der Waals surface area contributed by atoms with E-state index in [1.54, 1.807) is 0 Å². The second kappa shape index (κ2) is 68.3. The van der Waals surface area contributed by atoms with Crippen LogP contribution in [0.15, 0.2) is 72.9 Å². The van der Waals surface area contributed by atoms with Gasteiger partial charge in [-0.2, -0.15) is 0 Å². The van der Waals surface area contributed by atoms with E-state index in [1.165, 1.54) is 257 Å². The summed E-state index contributed by atoms with van der Waals surface area (Å²) in [6.07, 6.45) is 90.6. The van der Waals surface area contributed by atoms with E-state index in [2.05, 4.69) is 92.9 Å². The van der Waals surface area contributed by atoms with Crippen molar-refractivity contribution >= 4 is 19.7 Å². The second-order valence-corrected chi connectivity index (χ2v) is 28.6. The number of likely N-dealkylation sites (N-methyl/N-ethyl adjacent to an activating group) is 1. The molecule has 0 aliphatic rings. The molecule has 0 spiro atoms. The predicted molar refractivity (Wildman–Crippen MR) is 388 cm³/mol. The zero-order valence-corrected chi connectivity index (χ0v) is 60.6. The number of nitrogens with one attached hydrogen (secondary N) is 1. The summed E-state index contributed by atoms with van der Waals surface area (Å²) in [5.41, 5.74) is 0. The van der Waals surface area contributed by atoms with Crippen LogP contribution in [0.1, 0.15) is 367 Å². The van der Waals surface area contributed by atoms with Gasteiger partial charge in [0.1, 0.15) is 19.3 Å². The van der Waals surface area contributed by atoms with Crippen LogP contribution in [-0.2, 0) is 27.9 Å². The fourth-order valence-electron chi connectivity index (χ4n) is 11.2. The summed E-state index contributed by atoms with van der Waals surface area (Å²) in [6, 6.07) is -0.853. The number of rotatable bonds is 70. The first kappa shape index (κ1) is 86.5. The molecule has 0 fully saturated rings. The van der Waals surface area contributed by atoms with Crippen molar-refractivity contribution in [3.8, 4) is 0 Å². The summed E-state index contributed by atoms with van der Waals surface area (Å²) in [7, 11) is 1.50. The molecule has 0 aromatic rings. The van der Waals surface area contributed by atoms with Crippen molar-refractivity contribution in [3.63, 3.8) is 0 Å². The fourth-order valence-corrected chi connectivity index (χ4v) is 12.0. The zero-order chi connectivity index (χ0) is 64.9. The van der Waals surface area contributed by atoms with Crippen molar-refractivity contribution in [1.82, 2.24) is 5.32 Å². The van der Waals surface area contributed by atoms with Crippen molar-refractivity contribution in [2.75, 3.05) is 40.9 Å². The minimum absolute atomic E-state index is 0.0391. The summed E-state index contributed by atoms with van der Waals surface area (Å²) < 4.78 is 30.9. The van der Waals surface area contributed by atoms with Gasteiger partial charge in [-0.1, -0.05) is 325 Å². The van der Waals surface area contributed by atoms with Gasteiger partial charge < -0.3 is 19.4 Å². The van der Waals surface area contributed by atoms with Gasteiger partial charge in [0.15, 0.2) is 0 Å². The Morgan fingerprint density at radius 1 is 0.393 bits per heavy atom. The lowest BCUT2D eigenvalue weighted by Crippen LogP contribution is -2.47. The quantitative estimate of drug-likeness (QED) is 0.0205. The first-order valence-electron chi connectivity index (χ1n) is 38.3. The predicted octanol–water partition coefficient (Wildman–Crippen LogP) is 24.7. The Balaban J connectivity index is 5.02. The highest BCUT2D eigenvalue weighted by Crippen LogP contribution is 2.43. The second-order valence-electron chi connectivity index (χ2n) is 27.2. The molecule has 0 aromatic heterocycles. The molecule has 0 heterocycles. The highest BCUT2D eigenvalue weighted by atomic mass is 31.2. The number of unbranched alkanes of at least 4 members (excludes halogenated alkanes) is 44. The molecule has 520 valence electrons. The van der Waals surface area contributed by atoms with E-state index in [4.69, 9.17) is 13.8 Å². The van der Waals surface area contributed by atoms with Crippen LogP contribution in [0.5, 0.6) is 0 Å². The molecule has 2 N–H and O–H groups in total. The van der Waals surface area contributed by atoms with E-state index in [0.717, 1.165) is 77.0 Å². The minimum atomic E-state index is -4.46. The van der Waals surface area contributed by atoms with E-state index >= 15 is 0 Å². The van der Waals surface area contributed by atoms with Gasteiger partial charge in [0.05, 0.1) is 33.8 Å². The molecule has 0 saturated heterocycles. The van der Waals surface area contributed by atoms with Gasteiger partial charge >= 0.3 is 13.8 Å². The highest BCUT2D eigenvalue weighted by Gasteiger charge is 2.30. The van der Waals surface area contributed by atoms with Crippen molar-refractivity contribution < 1.29 is 37.3 Å². The number of quaternary nitrogens is 1. The molecule has 0 aliphatic carbocycles. The zero-order valence-electron chi connectivity index (χ0n) is 59.7. The molecule has 0 radical (unpaired) electrons. The lowest BCUT2D eigenvalue weighted by molar-refractivity contribution is -0.870. The Labute approximate surface area is 553 Å². The number of carbonyl (C=O) groups excluding carboxylic acids is 2. The van der Waals surface area contributed by atoms with Crippen molar-refractivity contribution in [1.29, 1.82) is 0 Å². The van der Waals surface area contributed by atoms with Gasteiger partial charge in [-0.25, -0.2) is 4.57 Å². The number of phosphoric ester groups is 1. The van der Waals surface area contributed by atoms with Crippen LogP contribution < -0.4 is 5.32 Å². The molecule has 0 bridgehead atoms. The number of allylic oxidation sites excluding steroid dienone is 11. The molecule has 0 aromatic carbocycles. The topological polar surface area (TPSA) is 111 Å². The monoisotopic (exact) mass is 1270 g/mol. The Kier molecular flexibility index (Phi) is 66.4. The third kappa shape index (κ3) is 69.6. The summed E-state index contributed by atoms with van der Waals surface area (Å²) in [6.45, 7) is 7.03. The molecular formula is C79H148N2O7P+.